The molecular formula is C17H20O3. The molecule has 0 fully saturated rings. The van der Waals surface area contributed by atoms with Gasteiger partial charge in [0.1, 0.15) is 17.8 Å². The summed E-state index contributed by atoms with van der Waals surface area (Å²) in [4.78, 5) is 10.6. The van der Waals surface area contributed by atoms with Crippen molar-refractivity contribution in [2.75, 3.05) is 14.2 Å². The van der Waals surface area contributed by atoms with Crippen LogP contribution < -0.4 is 9.47 Å². The molecule has 0 aromatic heterocycles. The minimum atomic E-state index is 0.661. The van der Waals surface area contributed by atoms with E-state index in [4.69, 9.17) is 9.47 Å². The third-order valence-electron chi connectivity index (χ3n) is 2.73. The largest absolute Gasteiger partial charge is 0.497 e. The summed E-state index contributed by atoms with van der Waals surface area (Å²) in [5.41, 5.74) is 2.66. The number of aldehydes is 1. The second-order valence-corrected chi connectivity index (χ2v) is 3.84. The van der Waals surface area contributed by atoms with Crippen LogP contribution in [-0.2, 0) is 0 Å². The van der Waals surface area contributed by atoms with E-state index in [0.717, 1.165) is 28.9 Å². The van der Waals surface area contributed by atoms with E-state index in [1.165, 1.54) is 0 Å². The third-order valence-corrected chi connectivity index (χ3v) is 2.73. The maximum Gasteiger partial charge on any atom is 0.150 e. The van der Waals surface area contributed by atoms with Crippen molar-refractivity contribution in [2.45, 2.75) is 13.8 Å². The molecule has 0 aliphatic heterocycles. The first kappa shape index (κ1) is 15.8. The van der Waals surface area contributed by atoms with Crippen LogP contribution in [0.5, 0.6) is 11.5 Å². The Hall–Kier alpha value is -2.29. The zero-order valence-corrected chi connectivity index (χ0v) is 12.3. The highest BCUT2D eigenvalue weighted by atomic mass is 16.5. The summed E-state index contributed by atoms with van der Waals surface area (Å²) in [6.07, 6.45) is 0.829. The standard InChI is InChI=1S/C15H14O3.C2H6/c1-17-14-7-13(8-15(9-14)18-2)12-5-3-11(10-16)4-6-12;1-2/h3-10H,1-2H3;1-2H3. The molecule has 0 N–H and O–H groups in total. The van der Waals surface area contributed by atoms with Gasteiger partial charge in [0.2, 0.25) is 0 Å². The predicted molar refractivity (Wildman–Crippen MR) is 81.7 cm³/mol. The molecule has 3 nitrogen and oxygen atoms in total. The molecule has 2 rings (SSSR count). The molecule has 0 spiro atoms. The van der Waals surface area contributed by atoms with Crippen LogP contribution in [0, 0.1) is 0 Å². The Morgan fingerprint density at radius 2 is 1.30 bits per heavy atom. The fourth-order valence-corrected chi connectivity index (χ4v) is 1.73. The number of rotatable bonds is 4. The lowest BCUT2D eigenvalue weighted by atomic mass is 10.0. The van der Waals surface area contributed by atoms with Gasteiger partial charge in [0.15, 0.2) is 0 Å². The van der Waals surface area contributed by atoms with E-state index in [1.54, 1.807) is 26.4 Å². The SMILES string of the molecule is CC.COc1cc(OC)cc(-c2ccc(C=O)cc2)c1. The lowest BCUT2D eigenvalue weighted by molar-refractivity contribution is 0.112. The fraction of sp³-hybridized carbons (Fsp3) is 0.235. The zero-order chi connectivity index (χ0) is 15.0. The van der Waals surface area contributed by atoms with Crippen LogP contribution in [0.4, 0.5) is 0 Å². The third kappa shape index (κ3) is 3.85. The Morgan fingerprint density at radius 1 is 0.800 bits per heavy atom. The first-order valence-electron chi connectivity index (χ1n) is 6.55. The molecule has 2 aromatic rings. The number of carbonyl (C=O) groups excluding carboxylic acids is 1. The van der Waals surface area contributed by atoms with Crippen molar-refractivity contribution < 1.29 is 14.3 Å². The van der Waals surface area contributed by atoms with Crippen LogP contribution in [0.15, 0.2) is 42.5 Å². The van der Waals surface area contributed by atoms with E-state index >= 15 is 0 Å². The molecule has 0 saturated carbocycles. The fourth-order valence-electron chi connectivity index (χ4n) is 1.73. The maximum atomic E-state index is 10.6. The Balaban J connectivity index is 0.000000956. The van der Waals surface area contributed by atoms with E-state index in [9.17, 15) is 4.79 Å². The van der Waals surface area contributed by atoms with Gasteiger partial charge in [0, 0.05) is 11.6 Å². The van der Waals surface area contributed by atoms with Crippen LogP contribution in [0.2, 0.25) is 0 Å². The second-order valence-electron chi connectivity index (χ2n) is 3.84. The normalized spacial score (nSPS) is 9.20. The first-order valence-corrected chi connectivity index (χ1v) is 6.55. The van der Waals surface area contributed by atoms with Crippen LogP contribution in [-0.4, -0.2) is 20.5 Å². The van der Waals surface area contributed by atoms with Gasteiger partial charge in [0.25, 0.3) is 0 Å². The highest BCUT2D eigenvalue weighted by molar-refractivity contribution is 5.77. The summed E-state index contributed by atoms with van der Waals surface area (Å²) in [6, 6.07) is 13.1. The van der Waals surface area contributed by atoms with Crippen molar-refractivity contribution in [1.82, 2.24) is 0 Å². The molecule has 106 valence electrons. The van der Waals surface area contributed by atoms with Gasteiger partial charge < -0.3 is 9.47 Å². The van der Waals surface area contributed by atoms with Gasteiger partial charge in [-0.25, -0.2) is 0 Å². The molecule has 0 bridgehead atoms. The molecule has 2 aromatic carbocycles. The summed E-state index contributed by atoms with van der Waals surface area (Å²) in [5.74, 6) is 1.48. The minimum Gasteiger partial charge on any atom is -0.497 e. The van der Waals surface area contributed by atoms with Gasteiger partial charge in [-0.1, -0.05) is 38.1 Å². The number of ether oxygens (including phenoxy) is 2. The van der Waals surface area contributed by atoms with Crippen LogP contribution in [0.3, 0.4) is 0 Å². The molecule has 0 radical (unpaired) electrons. The Bertz CT molecular complexity index is 522. The predicted octanol–water partition coefficient (Wildman–Crippen LogP) is 4.21. The highest BCUT2D eigenvalue weighted by Crippen LogP contribution is 2.29. The van der Waals surface area contributed by atoms with Gasteiger partial charge in [-0.2, -0.15) is 0 Å². The van der Waals surface area contributed by atoms with Crippen LogP contribution in [0.1, 0.15) is 24.2 Å². The monoisotopic (exact) mass is 272 g/mol. The van der Waals surface area contributed by atoms with Gasteiger partial charge >= 0.3 is 0 Å². The number of methoxy groups -OCH3 is 2. The number of hydrogen-bond donors (Lipinski definition) is 0. The van der Waals surface area contributed by atoms with Crippen LogP contribution in [0.25, 0.3) is 11.1 Å². The van der Waals surface area contributed by atoms with Gasteiger partial charge in [-0.05, 0) is 23.3 Å². The Kier molecular flexibility index (Phi) is 6.30. The molecule has 0 aliphatic carbocycles. The average Bonchev–Trinajstić information content (AvgIpc) is 2.56. The van der Waals surface area contributed by atoms with Crippen LogP contribution >= 0.6 is 0 Å². The quantitative estimate of drug-likeness (QED) is 0.782. The molecule has 0 heterocycles. The molecule has 0 atom stereocenters. The number of hydrogen-bond acceptors (Lipinski definition) is 3. The first-order chi connectivity index (χ1) is 9.76. The summed E-state index contributed by atoms with van der Waals surface area (Å²) in [5, 5.41) is 0. The summed E-state index contributed by atoms with van der Waals surface area (Å²) >= 11 is 0. The van der Waals surface area contributed by atoms with E-state index in [2.05, 4.69) is 0 Å². The summed E-state index contributed by atoms with van der Waals surface area (Å²) in [6.45, 7) is 4.00. The van der Waals surface area contributed by atoms with E-state index in [0.29, 0.717) is 5.56 Å². The van der Waals surface area contributed by atoms with Crippen molar-refractivity contribution in [3.8, 4) is 22.6 Å². The van der Waals surface area contributed by atoms with Gasteiger partial charge in [0.05, 0.1) is 14.2 Å². The Morgan fingerprint density at radius 3 is 1.70 bits per heavy atom. The topological polar surface area (TPSA) is 35.5 Å². The van der Waals surface area contributed by atoms with Crippen molar-refractivity contribution in [1.29, 1.82) is 0 Å². The summed E-state index contributed by atoms with van der Waals surface area (Å²) in [7, 11) is 3.24. The van der Waals surface area contributed by atoms with Gasteiger partial charge in [-0.3, -0.25) is 4.79 Å². The van der Waals surface area contributed by atoms with Crippen molar-refractivity contribution in [2.24, 2.45) is 0 Å². The van der Waals surface area contributed by atoms with Crippen molar-refractivity contribution in [3.63, 3.8) is 0 Å². The summed E-state index contributed by atoms with van der Waals surface area (Å²) < 4.78 is 10.5. The van der Waals surface area contributed by atoms with Gasteiger partial charge in [-0.15, -0.1) is 0 Å². The lowest BCUT2D eigenvalue weighted by Crippen LogP contribution is -1.89. The smallest absolute Gasteiger partial charge is 0.150 e. The Labute approximate surface area is 120 Å². The average molecular weight is 272 g/mol. The van der Waals surface area contributed by atoms with E-state index in [-0.39, 0.29) is 0 Å². The number of benzene rings is 2. The van der Waals surface area contributed by atoms with Crippen molar-refractivity contribution in [3.05, 3.63) is 48.0 Å². The highest BCUT2D eigenvalue weighted by Gasteiger charge is 2.04. The molecule has 0 amide bonds. The molecular weight excluding hydrogens is 252 g/mol. The van der Waals surface area contributed by atoms with Crippen molar-refractivity contribution >= 4 is 6.29 Å². The lowest BCUT2D eigenvalue weighted by Gasteiger charge is -2.08. The minimum absolute atomic E-state index is 0.661. The molecule has 0 unspecified atom stereocenters. The maximum absolute atomic E-state index is 10.6. The van der Waals surface area contributed by atoms with E-state index < -0.39 is 0 Å². The second kappa shape index (κ2) is 8.00. The van der Waals surface area contributed by atoms with E-state index in [1.807, 2.05) is 44.2 Å². The number of carbonyl (C=O) groups is 1. The zero-order valence-electron chi connectivity index (χ0n) is 12.3. The molecule has 0 saturated heterocycles. The molecule has 20 heavy (non-hydrogen) atoms. The molecule has 3 heteroatoms. The molecule has 0 aliphatic rings.